The van der Waals surface area contributed by atoms with Crippen molar-refractivity contribution in [3.8, 4) is 5.75 Å². The molecule has 1 aliphatic heterocycles. The maximum atomic E-state index is 9.86. The van der Waals surface area contributed by atoms with Crippen molar-refractivity contribution < 1.29 is 9.84 Å². The van der Waals surface area contributed by atoms with Crippen molar-refractivity contribution >= 4 is 0 Å². The van der Waals surface area contributed by atoms with Crippen LogP contribution in [0.15, 0.2) is 24.3 Å². The van der Waals surface area contributed by atoms with Crippen molar-refractivity contribution in [1.29, 1.82) is 0 Å². The Kier molecular flexibility index (Phi) is 4.61. The fourth-order valence-corrected chi connectivity index (χ4v) is 2.40. The Morgan fingerprint density at radius 2 is 2.06 bits per heavy atom. The van der Waals surface area contributed by atoms with E-state index in [1.165, 1.54) is 5.56 Å². The lowest BCUT2D eigenvalue weighted by Crippen LogP contribution is -2.43. The molecular formula is C15H23NO2. The van der Waals surface area contributed by atoms with Gasteiger partial charge in [0.15, 0.2) is 0 Å². The van der Waals surface area contributed by atoms with Crippen molar-refractivity contribution in [1.82, 2.24) is 4.90 Å². The molecule has 0 aromatic heterocycles. The topological polar surface area (TPSA) is 32.7 Å². The lowest BCUT2D eigenvalue weighted by atomic mass is 9.96. The minimum absolute atomic E-state index is 0.158. The number of likely N-dealkylation sites (tertiary alicyclic amines) is 1. The standard InChI is InChI=1S/C15H23NO2/c1-12-7-9-16(11-15(12)17)10-8-13-3-5-14(18-2)6-4-13/h3-6,12,15,17H,7-11H2,1-2H3. The number of β-amino-alcohol motifs (C(OH)–C–C–N with tert-alkyl or cyclic N) is 1. The summed E-state index contributed by atoms with van der Waals surface area (Å²) in [6.45, 7) is 5.08. The molecule has 2 atom stereocenters. The maximum Gasteiger partial charge on any atom is 0.118 e. The highest BCUT2D eigenvalue weighted by Crippen LogP contribution is 2.18. The van der Waals surface area contributed by atoms with Crippen molar-refractivity contribution in [3.63, 3.8) is 0 Å². The third kappa shape index (κ3) is 3.47. The maximum absolute atomic E-state index is 9.86. The molecule has 2 rings (SSSR count). The summed E-state index contributed by atoms with van der Waals surface area (Å²) >= 11 is 0. The summed E-state index contributed by atoms with van der Waals surface area (Å²) in [5.74, 6) is 1.35. The molecule has 3 heteroatoms. The van der Waals surface area contributed by atoms with Gasteiger partial charge in [0.25, 0.3) is 0 Å². The summed E-state index contributed by atoms with van der Waals surface area (Å²) in [6.07, 6.45) is 1.98. The highest BCUT2D eigenvalue weighted by Gasteiger charge is 2.23. The summed E-state index contributed by atoms with van der Waals surface area (Å²) in [4.78, 5) is 2.36. The first kappa shape index (κ1) is 13.4. The summed E-state index contributed by atoms with van der Waals surface area (Å²) < 4.78 is 5.15. The predicted molar refractivity (Wildman–Crippen MR) is 72.9 cm³/mol. The molecule has 1 N–H and O–H groups in total. The molecule has 0 spiro atoms. The van der Waals surface area contributed by atoms with Crippen LogP contribution in [0.2, 0.25) is 0 Å². The number of methoxy groups -OCH3 is 1. The number of aliphatic hydroxyl groups excluding tert-OH is 1. The van der Waals surface area contributed by atoms with E-state index in [1.807, 2.05) is 12.1 Å². The first-order valence-electron chi connectivity index (χ1n) is 6.72. The number of aliphatic hydroxyl groups is 1. The molecule has 0 amide bonds. The van der Waals surface area contributed by atoms with Crippen LogP contribution in [-0.2, 0) is 6.42 Å². The van der Waals surface area contributed by atoms with E-state index in [4.69, 9.17) is 4.74 Å². The van der Waals surface area contributed by atoms with Crippen LogP contribution < -0.4 is 4.74 Å². The number of piperidine rings is 1. The van der Waals surface area contributed by atoms with Crippen LogP contribution in [0, 0.1) is 5.92 Å². The summed E-state index contributed by atoms with van der Waals surface area (Å²) in [5.41, 5.74) is 1.32. The highest BCUT2D eigenvalue weighted by atomic mass is 16.5. The second-order valence-corrected chi connectivity index (χ2v) is 5.23. The minimum Gasteiger partial charge on any atom is -0.497 e. The summed E-state index contributed by atoms with van der Waals surface area (Å²) in [7, 11) is 1.69. The average Bonchev–Trinajstić information content (AvgIpc) is 2.41. The SMILES string of the molecule is COc1ccc(CCN2CCC(C)C(O)C2)cc1. The van der Waals surface area contributed by atoms with Gasteiger partial charge in [0.05, 0.1) is 13.2 Å². The van der Waals surface area contributed by atoms with Gasteiger partial charge in [0.2, 0.25) is 0 Å². The van der Waals surface area contributed by atoms with E-state index in [1.54, 1.807) is 7.11 Å². The molecule has 0 bridgehead atoms. The van der Waals surface area contributed by atoms with Crippen LogP contribution in [0.1, 0.15) is 18.9 Å². The highest BCUT2D eigenvalue weighted by molar-refractivity contribution is 5.27. The molecule has 1 fully saturated rings. The minimum atomic E-state index is -0.158. The number of benzene rings is 1. The second kappa shape index (κ2) is 6.21. The van der Waals surface area contributed by atoms with Gasteiger partial charge in [-0.05, 0) is 43.0 Å². The van der Waals surface area contributed by atoms with Crippen molar-refractivity contribution in [2.24, 2.45) is 5.92 Å². The van der Waals surface area contributed by atoms with Crippen LogP contribution in [-0.4, -0.2) is 42.9 Å². The van der Waals surface area contributed by atoms with Crippen LogP contribution in [0.4, 0.5) is 0 Å². The quantitative estimate of drug-likeness (QED) is 0.885. The molecule has 1 saturated heterocycles. The molecule has 1 aliphatic rings. The monoisotopic (exact) mass is 249 g/mol. The fourth-order valence-electron chi connectivity index (χ4n) is 2.40. The molecule has 2 unspecified atom stereocenters. The Bertz CT molecular complexity index is 363. The van der Waals surface area contributed by atoms with Gasteiger partial charge in [-0.2, -0.15) is 0 Å². The molecule has 1 aromatic carbocycles. The van der Waals surface area contributed by atoms with E-state index in [0.717, 1.165) is 38.2 Å². The molecule has 0 saturated carbocycles. The third-order valence-electron chi connectivity index (χ3n) is 3.88. The normalized spacial score (nSPS) is 25.1. The molecular weight excluding hydrogens is 226 g/mol. The van der Waals surface area contributed by atoms with Crippen LogP contribution in [0.5, 0.6) is 5.75 Å². The smallest absolute Gasteiger partial charge is 0.118 e. The van der Waals surface area contributed by atoms with E-state index in [-0.39, 0.29) is 6.10 Å². The Balaban J connectivity index is 1.80. The zero-order chi connectivity index (χ0) is 13.0. The Labute approximate surface area is 109 Å². The molecule has 3 nitrogen and oxygen atoms in total. The molecule has 100 valence electrons. The molecule has 18 heavy (non-hydrogen) atoms. The number of hydrogen-bond donors (Lipinski definition) is 1. The van der Waals surface area contributed by atoms with Gasteiger partial charge in [-0.15, -0.1) is 0 Å². The molecule has 1 heterocycles. The zero-order valence-corrected chi connectivity index (χ0v) is 11.3. The van der Waals surface area contributed by atoms with E-state index in [2.05, 4.69) is 24.0 Å². The van der Waals surface area contributed by atoms with Crippen LogP contribution in [0.25, 0.3) is 0 Å². The molecule has 0 radical (unpaired) electrons. The van der Waals surface area contributed by atoms with Gasteiger partial charge in [0, 0.05) is 13.1 Å². The van der Waals surface area contributed by atoms with Crippen LogP contribution in [0.3, 0.4) is 0 Å². The predicted octanol–water partition coefficient (Wildman–Crippen LogP) is 1.94. The second-order valence-electron chi connectivity index (χ2n) is 5.23. The van der Waals surface area contributed by atoms with E-state index in [0.29, 0.717) is 5.92 Å². The third-order valence-corrected chi connectivity index (χ3v) is 3.88. The van der Waals surface area contributed by atoms with E-state index >= 15 is 0 Å². The van der Waals surface area contributed by atoms with E-state index < -0.39 is 0 Å². The number of hydrogen-bond acceptors (Lipinski definition) is 3. The number of rotatable bonds is 4. The van der Waals surface area contributed by atoms with Crippen molar-refractivity contribution in [2.45, 2.75) is 25.9 Å². The molecule has 0 aliphatic carbocycles. The van der Waals surface area contributed by atoms with E-state index in [9.17, 15) is 5.11 Å². The Morgan fingerprint density at radius 3 is 2.67 bits per heavy atom. The van der Waals surface area contributed by atoms with Crippen molar-refractivity contribution in [2.75, 3.05) is 26.7 Å². The van der Waals surface area contributed by atoms with Gasteiger partial charge in [-0.25, -0.2) is 0 Å². The largest absolute Gasteiger partial charge is 0.497 e. The summed E-state index contributed by atoms with van der Waals surface area (Å²) in [6, 6.07) is 8.23. The number of ether oxygens (including phenoxy) is 1. The number of nitrogens with zero attached hydrogens (tertiary/aromatic N) is 1. The fraction of sp³-hybridized carbons (Fsp3) is 0.600. The molecule has 1 aromatic rings. The van der Waals surface area contributed by atoms with Gasteiger partial charge in [0.1, 0.15) is 5.75 Å². The van der Waals surface area contributed by atoms with Crippen molar-refractivity contribution in [3.05, 3.63) is 29.8 Å². The zero-order valence-electron chi connectivity index (χ0n) is 11.3. The Morgan fingerprint density at radius 1 is 1.33 bits per heavy atom. The lowest BCUT2D eigenvalue weighted by Gasteiger charge is -2.34. The van der Waals surface area contributed by atoms with Gasteiger partial charge in [-0.3, -0.25) is 0 Å². The Hall–Kier alpha value is -1.06. The van der Waals surface area contributed by atoms with Gasteiger partial charge >= 0.3 is 0 Å². The van der Waals surface area contributed by atoms with Crippen LogP contribution >= 0.6 is 0 Å². The summed E-state index contributed by atoms with van der Waals surface area (Å²) in [5, 5.41) is 9.86. The first-order chi connectivity index (χ1) is 8.69. The van der Waals surface area contributed by atoms with Gasteiger partial charge < -0.3 is 14.7 Å². The first-order valence-corrected chi connectivity index (χ1v) is 6.72. The van der Waals surface area contributed by atoms with Gasteiger partial charge in [-0.1, -0.05) is 19.1 Å². The average molecular weight is 249 g/mol. The lowest BCUT2D eigenvalue weighted by molar-refractivity contribution is 0.0298.